The molecule has 17 heteroatoms. The molecule has 0 atom stereocenters. The average molecular weight is 1300 g/mol. The maximum Gasteiger partial charge on any atom is 1.00 e. The minimum atomic E-state index is -1.48. The van der Waals surface area contributed by atoms with Crippen LogP contribution in [0.25, 0.3) is 89.4 Å². The summed E-state index contributed by atoms with van der Waals surface area (Å²) >= 11 is 0. The number of carboxylic acid groups (broad SMARTS) is 2. The van der Waals surface area contributed by atoms with Gasteiger partial charge in [0.15, 0.2) is 6.29 Å². The van der Waals surface area contributed by atoms with Crippen LogP contribution < -0.4 is 54.3 Å². The fourth-order valence-corrected chi connectivity index (χ4v) is 11.1. The summed E-state index contributed by atoms with van der Waals surface area (Å²) in [5.41, 5.74) is 15.5. The van der Waals surface area contributed by atoms with E-state index in [1.807, 2.05) is 219 Å². The molecule has 0 unspecified atom stereocenters. The normalized spacial score (nSPS) is 10.9. The fourth-order valence-electron chi connectivity index (χ4n) is 11.1. The molecule has 0 bridgehead atoms. The Balaban J connectivity index is 0.000000147. The minimum absolute atomic E-state index is 0. The number of nitrogens with zero attached hydrogens (tertiary/aromatic N) is 10. The maximum atomic E-state index is 11.2. The average Bonchev–Trinajstić information content (AvgIpc) is 1.66. The zero-order chi connectivity index (χ0) is 68.7. The molecule has 5 heterocycles. The first-order valence-corrected chi connectivity index (χ1v) is 31.1. The Bertz CT molecular complexity index is 5030. The van der Waals surface area contributed by atoms with Crippen LogP contribution in [0.3, 0.4) is 0 Å². The molecule has 0 fully saturated rings. The molecule has 0 saturated carbocycles. The number of aromatic nitrogens is 5. The van der Waals surface area contributed by atoms with Crippen LogP contribution in [0.15, 0.2) is 273 Å². The van der Waals surface area contributed by atoms with Gasteiger partial charge in [0.1, 0.15) is 17.7 Å². The number of carbonyl (C=O) groups is 3. The SMILES string of the molecule is CN(C)c1ccc(-n2cc(/C=C(\C#N)C(=O)O)c3ccccc32)cc1.CN(C)c1ccc(-n2cc(/C=C(\C#N)C(=O)[O-])c3ccccc32)cc1.CN(C)c1ccc(-n2cc(C=O)c3ccccc32)cc1.CN(C)c1ccc(-n2ccc3ccccc32)cc1.[Na+].c1ccc2[nH]ccc2c1. The summed E-state index contributed by atoms with van der Waals surface area (Å²) in [6.45, 7) is 0. The van der Waals surface area contributed by atoms with Crippen molar-refractivity contribution in [1.82, 2.24) is 23.3 Å². The molecule has 0 amide bonds. The molecule has 0 aliphatic carbocycles. The van der Waals surface area contributed by atoms with Gasteiger partial charge in [0.05, 0.1) is 33.6 Å². The molecule has 0 saturated heterocycles. The van der Waals surface area contributed by atoms with Crippen molar-refractivity contribution in [2.45, 2.75) is 0 Å². The smallest absolute Gasteiger partial charge is 0.544 e. The van der Waals surface area contributed by atoms with Crippen molar-refractivity contribution in [3.63, 3.8) is 0 Å². The first-order valence-electron chi connectivity index (χ1n) is 31.1. The van der Waals surface area contributed by atoms with E-state index in [2.05, 4.69) is 141 Å². The number of hydrogen-bond acceptors (Lipinski definition) is 10. The summed E-state index contributed by atoms with van der Waals surface area (Å²) < 4.78 is 8.25. The molecule has 0 spiro atoms. The van der Waals surface area contributed by atoms with Gasteiger partial charge in [-0.2, -0.15) is 10.5 Å². The fraction of sp³-hybridized carbons (Fsp3) is 0.0988. The third-order valence-electron chi connectivity index (χ3n) is 16.3. The second-order valence-electron chi connectivity index (χ2n) is 23.4. The van der Waals surface area contributed by atoms with Crippen LogP contribution in [-0.4, -0.2) is 103 Å². The summed E-state index contributed by atoms with van der Waals surface area (Å²) in [5, 5.41) is 43.5. The van der Waals surface area contributed by atoms with E-state index in [1.165, 1.54) is 45.3 Å². The molecule has 2 N–H and O–H groups in total. The third-order valence-corrected chi connectivity index (χ3v) is 16.3. The molecule has 0 aliphatic rings. The van der Waals surface area contributed by atoms with Crippen molar-refractivity contribution >= 4 is 108 Å². The number of carboxylic acids is 2. The molecule has 14 rings (SSSR count). The van der Waals surface area contributed by atoms with Crippen molar-refractivity contribution < 1.29 is 54.2 Å². The zero-order valence-corrected chi connectivity index (χ0v) is 58.1. The Morgan fingerprint density at radius 2 is 0.755 bits per heavy atom. The van der Waals surface area contributed by atoms with Crippen LogP contribution in [0.1, 0.15) is 21.5 Å². The number of hydrogen-bond donors (Lipinski definition) is 2. The zero-order valence-electron chi connectivity index (χ0n) is 56.1. The quantitative estimate of drug-likeness (QED) is 0.0483. The number of carbonyl (C=O) groups excluding carboxylic acids is 2. The number of aromatic amines is 1. The van der Waals surface area contributed by atoms with E-state index < -0.39 is 17.5 Å². The first kappa shape index (κ1) is 70.3. The number of H-pyrrole nitrogens is 1. The van der Waals surface area contributed by atoms with Crippen LogP contribution in [-0.2, 0) is 9.59 Å². The summed E-state index contributed by atoms with van der Waals surface area (Å²) in [5.74, 6) is -2.70. The number of rotatable bonds is 13. The van der Waals surface area contributed by atoms with Crippen LogP contribution in [0.5, 0.6) is 0 Å². The maximum absolute atomic E-state index is 11.2. The summed E-state index contributed by atoms with van der Waals surface area (Å²) in [7, 11) is 16.1. The number of anilines is 4. The molecule has 16 nitrogen and oxygen atoms in total. The topological polar surface area (TPSA) is 191 Å². The van der Waals surface area contributed by atoms with Crippen molar-refractivity contribution in [3.05, 3.63) is 289 Å². The second-order valence-corrected chi connectivity index (χ2v) is 23.4. The van der Waals surface area contributed by atoms with Gasteiger partial charge in [-0.15, -0.1) is 0 Å². The van der Waals surface area contributed by atoms with Crippen molar-refractivity contribution in [2.24, 2.45) is 0 Å². The van der Waals surface area contributed by atoms with E-state index in [1.54, 1.807) is 12.1 Å². The number of nitriles is 2. The molecule has 98 heavy (non-hydrogen) atoms. The number of aldehydes is 1. The standard InChI is InChI=1S/2C20H17N3O2.C17H16N2O.C16H16N2.C8H7N.Na/c2*1-22(2)16-7-9-17(10-8-16)23-13-15(11-14(12-21)20(24)25)18-5-3-4-6-19(18)23;1-18(2)14-7-9-15(10-8-14)19-11-13(12-20)16-5-3-4-6-17(16)19;1-17(2)14-7-9-15(10-8-14)18-12-11-13-5-3-4-6-16(13)18;1-2-4-8-7(3-1)5-6-9-8;/h2*3-11,13H,1-2H3,(H,24,25);3-12H,1-2H3;3-12H,1-2H3;1-6,9H;/q;;;;;+1/p-1/b2*14-11+;;;;. The molecular weight excluding hydrogens is 1230 g/mol. The summed E-state index contributed by atoms with van der Waals surface area (Å²) in [6.07, 6.45) is 13.3. The van der Waals surface area contributed by atoms with Crippen LogP contribution >= 0.6 is 0 Å². The minimum Gasteiger partial charge on any atom is -0.544 e. The number of para-hydroxylation sites is 5. The van der Waals surface area contributed by atoms with E-state index in [0.29, 0.717) is 11.1 Å². The number of fused-ring (bicyclic) bond motifs is 5. The van der Waals surface area contributed by atoms with Crippen molar-refractivity contribution in [1.29, 1.82) is 10.5 Å². The van der Waals surface area contributed by atoms with E-state index in [4.69, 9.17) is 15.6 Å². The van der Waals surface area contributed by atoms with Gasteiger partial charge in [0, 0.05) is 171 Å². The molecule has 9 aromatic carbocycles. The number of aliphatic carboxylic acids is 2. The van der Waals surface area contributed by atoms with E-state index >= 15 is 0 Å². The molecule has 0 radical (unpaired) electrons. The monoisotopic (exact) mass is 1300 g/mol. The van der Waals surface area contributed by atoms with E-state index in [9.17, 15) is 19.5 Å². The number of benzene rings is 9. The second kappa shape index (κ2) is 32.4. The van der Waals surface area contributed by atoms with Gasteiger partial charge in [-0.05, 0) is 162 Å². The Kier molecular flexibility index (Phi) is 23.2. The Labute approximate surface area is 591 Å². The molecular formula is C81H72N11NaO5. The predicted molar refractivity (Wildman–Crippen MR) is 394 cm³/mol. The van der Waals surface area contributed by atoms with Gasteiger partial charge in [-0.1, -0.05) is 91.0 Å². The van der Waals surface area contributed by atoms with Crippen LogP contribution in [0.2, 0.25) is 0 Å². The van der Waals surface area contributed by atoms with Gasteiger partial charge >= 0.3 is 35.5 Å². The van der Waals surface area contributed by atoms with E-state index in [0.717, 1.165) is 78.7 Å². The van der Waals surface area contributed by atoms with Crippen LogP contribution in [0.4, 0.5) is 22.7 Å². The molecule has 14 aromatic rings. The van der Waals surface area contributed by atoms with E-state index in [-0.39, 0.29) is 35.1 Å². The Hall–Kier alpha value is -12.1. The molecule has 482 valence electrons. The first-order chi connectivity index (χ1) is 46.9. The van der Waals surface area contributed by atoms with Gasteiger partial charge in [0.2, 0.25) is 0 Å². The van der Waals surface area contributed by atoms with Gasteiger partial charge in [-0.25, -0.2) is 4.79 Å². The molecule has 5 aromatic heterocycles. The summed E-state index contributed by atoms with van der Waals surface area (Å²) in [4.78, 5) is 44.7. The van der Waals surface area contributed by atoms with Crippen molar-refractivity contribution in [2.75, 3.05) is 76.0 Å². The van der Waals surface area contributed by atoms with Crippen LogP contribution in [0, 0.1) is 22.7 Å². The van der Waals surface area contributed by atoms with Gasteiger partial charge in [0.25, 0.3) is 0 Å². The van der Waals surface area contributed by atoms with Crippen molar-refractivity contribution in [3.8, 4) is 34.9 Å². The van der Waals surface area contributed by atoms with Gasteiger partial charge in [-0.3, -0.25) is 4.79 Å². The molecule has 0 aliphatic heterocycles. The Morgan fingerprint density at radius 1 is 0.418 bits per heavy atom. The largest absolute Gasteiger partial charge is 1.00 e. The number of nitrogens with one attached hydrogen (secondary N) is 1. The predicted octanol–water partition coefficient (Wildman–Crippen LogP) is 12.4. The third kappa shape index (κ3) is 16.4. The summed E-state index contributed by atoms with van der Waals surface area (Å²) in [6, 6.07) is 80.6. The Morgan fingerprint density at radius 3 is 1.12 bits per heavy atom. The van der Waals surface area contributed by atoms with Gasteiger partial charge < -0.3 is 57.9 Å².